The van der Waals surface area contributed by atoms with Crippen LogP contribution in [0.2, 0.25) is 0 Å². The molecule has 9 nitrogen and oxygen atoms in total. The van der Waals surface area contributed by atoms with Crippen molar-refractivity contribution in [3.05, 3.63) is 237 Å². The van der Waals surface area contributed by atoms with E-state index in [9.17, 15) is 0 Å². The van der Waals surface area contributed by atoms with Gasteiger partial charge in [-0.1, -0.05) is 60.7 Å². The van der Waals surface area contributed by atoms with Gasteiger partial charge in [-0.3, -0.25) is 0 Å². The molecule has 0 heterocycles. The van der Waals surface area contributed by atoms with E-state index in [2.05, 4.69) is 154 Å². The van der Waals surface area contributed by atoms with Crippen molar-refractivity contribution in [3.63, 3.8) is 0 Å². The Morgan fingerprint density at radius 1 is 0.187 bits per heavy atom. The summed E-state index contributed by atoms with van der Waals surface area (Å²) in [7, 11) is 10.1. The largest absolute Gasteiger partial charge is 0.497 e. The van der Waals surface area contributed by atoms with E-state index in [-0.39, 0.29) is 0 Å². The first-order chi connectivity index (χ1) is 36.8. The maximum atomic E-state index is 5.67. The van der Waals surface area contributed by atoms with Gasteiger partial charge < -0.3 is 43.1 Å². The third-order valence-electron chi connectivity index (χ3n) is 13.2. The molecule has 0 aliphatic rings. The molecule has 0 aromatic heterocycles. The van der Waals surface area contributed by atoms with E-state index in [1.165, 1.54) is 0 Å². The number of ether oxygens (including phenoxy) is 6. The average Bonchev–Trinajstić information content (AvgIpc) is 3.48. The van der Waals surface area contributed by atoms with Crippen molar-refractivity contribution in [3.8, 4) is 67.9 Å². The molecule has 10 aromatic carbocycles. The Hall–Kier alpha value is -9.60. The van der Waals surface area contributed by atoms with Gasteiger partial charge in [-0.05, 0) is 185 Å². The zero-order chi connectivity index (χ0) is 51.7. The Labute approximate surface area is 439 Å². The van der Waals surface area contributed by atoms with Crippen LogP contribution in [0.3, 0.4) is 0 Å². The molecule has 10 rings (SSSR count). The molecular weight excluding hydrogens is 931 g/mol. The average molecular weight is 988 g/mol. The van der Waals surface area contributed by atoms with E-state index in [4.69, 9.17) is 28.4 Å². The molecule has 75 heavy (non-hydrogen) atoms. The van der Waals surface area contributed by atoms with Crippen LogP contribution in [0.25, 0.3) is 33.4 Å². The van der Waals surface area contributed by atoms with E-state index in [1.54, 1.807) is 42.7 Å². The van der Waals surface area contributed by atoms with Gasteiger partial charge in [0.25, 0.3) is 0 Å². The number of hydrogen-bond donors (Lipinski definition) is 0. The van der Waals surface area contributed by atoms with Crippen molar-refractivity contribution < 1.29 is 28.4 Å². The Morgan fingerprint density at radius 2 is 0.400 bits per heavy atom. The molecule has 0 spiro atoms. The molecule has 0 aliphatic carbocycles. The topological polar surface area (TPSA) is 65.1 Å². The molecule has 372 valence electrons. The fourth-order valence-corrected chi connectivity index (χ4v) is 9.34. The van der Waals surface area contributed by atoms with Crippen LogP contribution in [0.15, 0.2) is 237 Å². The maximum Gasteiger partial charge on any atom is 0.120 e. The van der Waals surface area contributed by atoms with Gasteiger partial charge in [0.2, 0.25) is 0 Å². The summed E-state index contributed by atoms with van der Waals surface area (Å²) in [5.74, 6) is 4.66. The molecule has 0 N–H and O–H groups in total. The van der Waals surface area contributed by atoms with E-state index < -0.39 is 0 Å². The van der Waals surface area contributed by atoms with Crippen LogP contribution >= 0.6 is 0 Å². The van der Waals surface area contributed by atoms with Crippen molar-refractivity contribution in [2.24, 2.45) is 0 Å². The van der Waals surface area contributed by atoms with Gasteiger partial charge >= 0.3 is 0 Å². The minimum Gasteiger partial charge on any atom is -0.497 e. The standard InChI is InChI=1S/C66H57N3O6/c1-70-61-35-31-55(32-36-61)67(56-33-37-62(71-2)38-34-56)52-25-19-46(20-26-52)49-39-50(47-21-27-53(28-22-47)68(57-11-7-15-63(42-57)72-3)58-12-8-16-64(43-58)73-4)41-51(40-49)48-23-29-54(30-24-48)69(59-13-9-17-65(44-59)74-5)60-14-10-18-66(45-60)75-6/h7-45H,1-6H3. The number of anilines is 9. The first kappa shape index (κ1) is 49.0. The highest BCUT2D eigenvalue weighted by atomic mass is 16.5. The molecule has 0 saturated heterocycles. The molecule has 10 aromatic rings. The highest BCUT2D eigenvalue weighted by Gasteiger charge is 2.19. The summed E-state index contributed by atoms with van der Waals surface area (Å²) in [6.45, 7) is 0. The zero-order valence-electron chi connectivity index (χ0n) is 42.8. The summed E-state index contributed by atoms with van der Waals surface area (Å²) in [5, 5.41) is 0. The maximum absolute atomic E-state index is 5.67. The molecule has 0 bridgehead atoms. The van der Waals surface area contributed by atoms with Crippen molar-refractivity contribution in [2.75, 3.05) is 57.4 Å². The first-order valence-corrected chi connectivity index (χ1v) is 24.6. The fraction of sp³-hybridized carbons (Fsp3) is 0.0909. The van der Waals surface area contributed by atoms with Crippen molar-refractivity contribution in [1.29, 1.82) is 0 Å². The van der Waals surface area contributed by atoms with E-state index in [1.807, 2.05) is 97.1 Å². The van der Waals surface area contributed by atoms with Gasteiger partial charge in [0.1, 0.15) is 34.5 Å². The normalized spacial score (nSPS) is 10.8. The zero-order valence-corrected chi connectivity index (χ0v) is 42.8. The predicted octanol–water partition coefficient (Wildman–Crippen LogP) is 17.1. The van der Waals surface area contributed by atoms with Crippen LogP contribution in [0.4, 0.5) is 51.2 Å². The minimum atomic E-state index is 0.768. The highest BCUT2D eigenvalue weighted by Crippen LogP contribution is 2.43. The predicted molar refractivity (Wildman–Crippen MR) is 306 cm³/mol. The van der Waals surface area contributed by atoms with Crippen LogP contribution in [-0.4, -0.2) is 42.7 Å². The molecule has 0 fully saturated rings. The number of rotatable bonds is 18. The number of nitrogens with zero attached hydrogens (tertiary/aromatic N) is 3. The summed E-state index contributed by atoms with van der Waals surface area (Å²) in [6, 6.07) is 81.6. The molecule has 0 amide bonds. The number of methoxy groups -OCH3 is 6. The van der Waals surface area contributed by atoms with Crippen LogP contribution in [0.5, 0.6) is 34.5 Å². The van der Waals surface area contributed by atoms with E-state index in [0.29, 0.717) is 0 Å². The fourth-order valence-electron chi connectivity index (χ4n) is 9.34. The Kier molecular flexibility index (Phi) is 14.7. The Morgan fingerprint density at radius 3 is 0.627 bits per heavy atom. The lowest BCUT2D eigenvalue weighted by Gasteiger charge is -2.26. The summed E-state index contributed by atoms with van der Waals surface area (Å²) in [6.07, 6.45) is 0. The van der Waals surface area contributed by atoms with Gasteiger partial charge in [0.15, 0.2) is 0 Å². The lowest BCUT2D eigenvalue weighted by molar-refractivity contribution is 0.414. The first-order valence-electron chi connectivity index (χ1n) is 24.6. The Bertz CT molecular complexity index is 3210. The summed E-state index contributed by atoms with van der Waals surface area (Å²) in [4.78, 5) is 6.65. The third-order valence-corrected chi connectivity index (χ3v) is 13.2. The van der Waals surface area contributed by atoms with Crippen LogP contribution in [-0.2, 0) is 0 Å². The molecule has 0 aliphatic heterocycles. The molecule has 0 radical (unpaired) electrons. The molecule has 0 unspecified atom stereocenters. The smallest absolute Gasteiger partial charge is 0.120 e. The van der Waals surface area contributed by atoms with Gasteiger partial charge in [-0.15, -0.1) is 0 Å². The SMILES string of the molecule is COc1ccc(N(c2ccc(OC)cc2)c2ccc(-c3cc(-c4ccc(N(c5cccc(OC)c5)c5cccc(OC)c5)cc4)cc(-c4ccc(N(c5cccc(OC)c5)c5cccc(OC)c5)cc4)c3)cc2)cc1. The summed E-state index contributed by atoms with van der Waals surface area (Å²) in [5.41, 5.74) is 15.2. The second kappa shape index (κ2) is 22.4. The van der Waals surface area contributed by atoms with Crippen molar-refractivity contribution in [1.82, 2.24) is 0 Å². The third kappa shape index (κ3) is 10.8. The van der Waals surface area contributed by atoms with E-state index >= 15 is 0 Å². The highest BCUT2D eigenvalue weighted by molar-refractivity contribution is 5.86. The van der Waals surface area contributed by atoms with Gasteiger partial charge in [0.05, 0.1) is 42.7 Å². The van der Waals surface area contributed by atoms with Crippen LogP contribution < -0.4 is 43.1 Å². The quantitative estimate of drug-likeness (QED) is 0.0836. The van der Waals surface area contributed by atoms with Crippen molar-refractivity contribution in [2.45, 2.75) is 0 Å². The molecule has 0 saturated carbocycles. The monoisotopic (exact) mass is 987 g/mol. The van der Waals surface area contributed by atoms with Crippen LogP contribution in [0.1, 0.15) is 0 Å². The van der Waals surface area contributed by atoms with Gasteiger partial charge in [-0.2, -0.15) is 0 Å². The molecule has 9 heteroatoms. The van der Waals surface area contributed by atoms with E-state index in [0.717, 1.165) is 119 Å². The minimum absolute atomic E-state index is 0.768. The summed E-state index contributed by atoms with van der Waals surface area (Å²) >= 11 is 0. The van der Waals surface area contributed by atoms with Gasteiger partial charge in [0, 0.05) is 75.5 Å². The second-order valence-electron chi connectivity index (χ2n) is 17.6. The van der Waals surface area contributed by atoms with Crippen LogP contribution in [0, 0.1) is 0 Å². The lowest BCUT2D eigenvalue weighted by Crippen LogP contribution is -2.10. The Balaban J connectivity index is 1.07. The molecular formula is C66H57N3O6. The second-order valence-corrected chi connectivity index (χ2v) is 17.6. The molecule has 0 atom stereocenters. The lowest BCUT2D eigenvalue weighted by atomic mass is 9.93. The number of benzene rings is 10. The van der Waals surface area contributed by atoms with Gasteiger partial charge in [-0.25, -0.2) is 0 Å². The summed E-state index contributed by atoms with van der Waals surface area (Å²) < 4.78 is 33.7. The number of hydrogen-bond acceptors (Lipinski definition) is 9. The van der Waals surface area contributed by atoms with Crippen molar-refractivity contribution >= 4 is 51.2 Å².